The summed E-state index contributed by atoms with van der Waals surface area (Å²) in [6.07, 6.45) is 5.29. The molecule has 0 aromatic heterocycles. The van der Waals surface area contributed by atoms with Crippen molar-refractivity contribution in [3.63, 3.8) is 0 Å². The molecule has 1 fully saturated rings. The van der Waals surface area contributed by atoms with Crippen molar-refractivity contribution in [2.75, 3.05) is 6.54 Å². The van der Waals surface area contributed by atoms with Crippen LogP contribution >= 0.6 is 0 Å². The Bertz CT molecular complexity index is 526. The van der Waals surface area contributed by atoms with Gasteiger partial charge in [0.1, 0.15) is 6.10 Å². The van der Waals surface area contributed by atoms with Gasteiger partial charge in [0.25, 0.3) is 0 Å². The second-order valence-corrected chi connectivity index (χ2v) is 7.14. The minimum absolute atomic E-state index is 0.100. The number of carbonyl (C=O) groups is 1. The van der Waals surface area contributed by atoms with E-state index in [1.165, 1.54) is 11.1 Å². The van der Waals surface area contributed by atoms with Gasteiger partial charge in [0, 0.05) is 6.54 Å². The van der Waals surface area contributed by atoms with E-state index in [-0.39, 0.29) is 12.1 Å². The summed E-state index contributed by atoms with van der Waals surface area (Å²) in [7, 11) is 0. The Morgan fingerprint density at radius 3 is 2.81 bits per heavy atom. The van der Waals surface area contributed by atoms with Crippen LogP contribution in [0.2, 0.25) is 0 Å². The SMILES string of the molecule is CC1(C)CCC(OC(=O)c2cccc3c2CCNC3)CC1. The molecule has 114 valence electrons. The standard InChI is InChI=1S/C18H25NO2/c1-18(2)9-6-14(7-10-18)21-17(20)16-5-3-4-13-12-19-11-8-15(13)16/h3-5,14,19H,6-12H2,1-2H3. The van der Waals surface area contributed by atoms with Gasteiger partial charge in [-0.05, 0) is 61.3 Å². The third-order valence-electron chi connectivity index (χ3n) is 4.92. The van der Waals surface area contributed by atoms with Gasteiger partial charge in [-0.1, -0.05) is 26.0 Å². The van der Waals surface area contributed by atoms with Gasteiger partial charge in [-0.25, -0.2) is 4.79 Å². The van der Waals surface area contributed by atoms with E-state index in [9.17, 15) is 4.79 Å². The molecule has 0 radical (unpaired) electrons. The predicted molar refractivity (Wildman–Crippen MR) is 83.3 cm³/mol. The highest BCUT2D eigenvalue weighted by Crippen LogP contribution is 2.36. The van der Waals surface area contributed by atoms with Crippen LogP contribution < -0.4 is 5.32 Å². The summed E-state index contributed by atoms with van der Waals surface area (Å²) in [6.45, 7) is 6.39. The van der Waals surface area contributed by atoms with Gasteiger partial charge in [0.15, 0.2) is 0 Å². The van der Waals surface area contributed by atoms with Crippen LogP contribution in [0.25, 0.3) is 0 Å². The monoisotopic (exact) mass is 287 g/mol. The molecule has 3 nitrogen and oxygen atoms in total. The van der Waals surface area contributed by atoms with Crippen LogP contribution in [0, 0.1) is 5.41 Å². The molecule has 1 aliphatic carbocycles. The molecule has 0 bridgehead atoms. The molecule has 0 saturated heterocycles. The van der Waals surface area contributed by atoms with Crippen molar-refractivity contribution in [3.05, 3.63) is 34.9 Å². The smallest absolute Gasteiger partial charge is 0.338 e. The number of benzene rings is 1. The van der Waals surface area contributed by atoms with Crippen LogP contribution in [0.3, 0.4) is 0 Å². The maximum Gasteiger partial charge on any atom is 0.338 e. The lowest BCUT2D eigenvalue weighted by molar-refractivity contribution is 0.00937. The normalized spacial score (nSPS) is 21.6. The summed E-state index contributed by atoms with van der Waals surface area (Å²) in [4.78, 5) is 12.5. The second-order valence-electron chi connectivity index (χ2n) is 7.14. The molecule has 21 heavy (non-hydrogen) atoms. The van der Waals surface area contributed by atoms with E-state index >= 15 is 0 Å². The first-order chi connectivity index (χ1) is 10.1. The van der Waals surface area contributed by atoms with Crippen molar-refractivity contribution in [2.24, 2.45) is 5.41 Å². The molecule has 0 unspecified atom stereocenters. The summed E-state index contributed by atoms with van der Waals surface area (Å²) in [5.41, 5.74) is 3.59. The molecule has 1 aliphatic heterocycles. The molecule has 0 spiro atoms. The van der Waals surface area contributed by atoms with Gasteiger partial charge < -0.3 is 10.1 Å². The van der Waals surface area contributed by atoms with Gasteiger partial charge in [-0.15, -0.1) is 0 Å². The van der Waals surface area contributed by atoms with Crippen molar-refractivity contribution < 1.29 is 9.53 Å². The highest BCUT2D eigenvalue weighted by Gasteiger charge is 2.29. The molecule has 1 saturated carbocycles. The number of ether oxygens (including phenoxy) is 1. The van der Waals surface area contributed by atoms with E-state index in [0.717, 1.165) is 50.8 Å². The summed E-state index contributed by atoms with van der Waals surface area (Å²) < 4.78 is 5.78. The van der Waals surface area contributed by atoms with Crippen molar-refractivity contribution in [3.8, 4) is 0 Å². The Labute approximate surface area is 127 Å². The molecular weight excluding hydrogens is 262 g/mol. The average molecular weight is 287 g/mol. The number of hydrogen-bond donors (Lipinski definition) is 1. The summed E-state index contributed by atoms with van der Waals surface area (Å²) in [5, 5.41) is 3.35. The molecule has 2 aliphatic rings. The lowest BCUT2D eigenvalue weighted by Crippen LogP contribution is -2.30. The first-order valence-electron chi connectivity index (χ1n) is 8.08. The van der Waals surface area contributed by atoms with Crippen LogP contribution in [-0.2, 0) is 17.7 Å². The van der Waals surface area contributed by atoms with Gasteiger partial charge in [-0.2, -0.15) is 0 Å². The van der Waals surface area contributed by atoms with Crippen molar-refractivity contribution in [2.45, 2.75) is 58.6 Å². The zero-order chi connectivity index (χ0) is 14.9. The van der Waals surface area contributed by atoms with Crippen LogP contribution in [0.15, 0.2) is 18.2 Å². The number of carbonyl (C=O) groups excluding carboxylic acids is 1. The molecule has 1 heterocycles. The third-order valence-corrected chi connectivity index (χ3v) is 4.92. The zero-order valence-electron chi connectivity index (χ0n) is 13.1. The predicted octanol–water partition coefficient (Wildman–Crippen LogP) is 3.46. The lowest BCUT2D eigenvalue weighted by atomic mass is 9.76. The topological polar surface area (TPSA) is 38.3 Å². The molecule has 1 aromatic rings. The number of nitrogens with one attached hydrogen (secondary N) is 1. The Morgan fingerprint density at radius 2 is 2.05 bits per heavy atom. The van der Waals surface area contributed by atoms with Gasteiger partial charge in [0.2, 0.25) is 0 Å². The maximum absolute atomic E-state index is 12.5. The quantitative estimate of drug-likeness (QED) is 0.847. The van der Waals surface area contributed by atoms with Gasteiger partial charge in [-0.3, -0.25) is 0 Å². The van der Waals surface area contributed by atoms with Gasteiger partial charge >= 0.3 is 5.97 Å². The summed E-state index contributed by atoms with van der Waals surface area (Å²) in [5.74, 6) is -0.126. The molecule has 1 aromatic carbocycles. The van der Waals surface area contributed by atoms with E-state index in [4.69, 9.17) is 4.74 Å². The van der Waals surface area contributed by atoms with Crippen molar-refractivity contribution in [1.82, 2.24) is 5.32 Å². The van der Waals surface area contributed by atoms with Crippen molar-refractivity contribution in [1.29, 1.82) is 0 Å². The average Bonchev–Trinajstić information content (AvgIpc) is 2.49. The summed E-state index contributed by atoms with van der Waals surface area (Å²) in [6, 6.07) is 5.98. The number of hydrogen-bond acceptors (Lipinski definition) is 3. The fraction of sp³-hybridized carbons (Fsp3) is 0.611. The van der Waals surface area contributed by atoms with Crippen molar-refractivity contribution >= 4 is 5.97 Å². The Hall–Kier alpha value is -1.35. The fourth-order valence-electron chi connectivity index (χ4n) is 3.43. The maximum atomic E-state index is 12.5. The highest BCUT2D eigenvalue weighted by atomic mass is 16.5. The highest BCUT2D eigenvalue weighted by molar-refractivity contribution is 5.91. The molecule has 1 N–H and O–H groups in total. The van der Waals surface area contributed by atoms with Crippen LogP contribution in [0.5, 0.6) is 0 Å². The molecular formula is C18H25NO2. The van der Waals surface area contributed by atoms with Crippen LogP contribution in [0.4, 0.5) is 0 Å². The van der Waals surface area contributed by atoms with E-state index < -0.39 is 0 Å². The van der Waals surface area contributed by atoms with E-state index in [2.05, 4.69) is 25.2 Å². The molecule has 3 rings (SSSR count). The van der Waals surface area contributed by atoms with E-state index in [1.54, 1.807) is 0 Å². The largest absolute Gasteiger partial charge is 0.459 e. The minimum Gasteiger partial charge on any atom is -0.459 e. The van der Waals surface area contributed by atoms with E-state index in [0.29, 0.717) is 5.41 Å². The Morgan fingerprint density at radius 1 is 1.29 bits per heavy atom. The fourth-order valence-corrected chi connectivity index (χ4v) is 3.43. The minimum atomic E-state index is -0.126. The van der Waals surface area contributed by atoms with Crippen LogP contribution in [-0.4, -0.2) is 18.6 Å². The number of esters is 1. The molecule has 0 amide bonds. The first kappa shape index (κ1) is 14.6. The zero-order valence-corrected chi connectivity index (χ0v) is 13.1. The van der Waals surface area contributed by atoms with Crippen LogP contribution in [0.1, 0.15) is 61.0 Å². The molecule has 0 atom stereocenters. The number of rotatable bonds is 2. The lowest BCUT2D eigenvalue weighted by Gasteiger charge is -2.34. The molecule has 3 heteroatoms. The third kappa shape index (κ3) is 3.29. The second kappa shape index (κ2) is 5.80. The van der Waals surface area contributed by atoms with E-state index in [1.807, 2.05) is 12.1 Å². The number of fused-ring (bicyclic) bond motifs is 1. The van der Waals surface area contributed by atoms with Gasteiger partial charge in [0.05, 0.1) is 5.56 Å². The Kier molecular flexibility index (Phi) is 4.03. The first-order valence-corrected chi connectivity index (χ1v) is 8.08. The Balaban J connectivity index is 1.69. The summed E-state index contributed by atoms with van der Waals surface area (Å²) >= 11 is 0.